The Morgan fingerprint density at radius 2 is 1.95 bits per heavy atom. The van der Waals surface area contributed by atoms with Crippen LogP contribution in [-0.2, 0) is 12.8 Å². The fourth-order valence-corrected chi connectivity index (χ4v) is 2.69. The highest BCUT2D eigenvalue weighted by Crippen LogP contribution is 2.29. The number of aromatic hydroxyl groups is 1. The third kappa shape index (κ3) is 2.26. The number of hydrogen-bond acceptors (Lipinski definition) is 5. The van der Waals surface area contributed by atoms with Gasteiger partial charge in [0, 0.05) is 12.8 Å². The molecule has 19 heavy (non-hydrogen) atoms. The quantitative estimate of drug-likeness (QED) is 0.585. The molecular formula is C13H12N4OS. The summed E-state index contributed by atoms with van der Waals surface area (Å²) in [7, 11) is 1.68. The first-order chi connectivity index (χ1) is 9.25. The maximum Gasteiger partial charge on any atom is 0.236 e. The lowest BCUT2D eigenvalue weighted by Crippen LogP contribution is -1.89. The van der Waals surface area contributed by atoms with Crippen LogP contribution in [0, 0.1) is 0 Å². The average Bonchev–Trinajstić information content (AvgIpc) is 2.74. The Kier molecular flexibility index (Phi) is 3.08. The number of thioether (sulfide) groups is 1. The van der Waals surface area contributed by atoms with Gasteiger partial charge in [-0.05, 0) is 5.56 Å². The Morgan fingerprint density at radius 3 is 2.74 bits per heavy atom. The lowest BCUT2D eigenvalue weighted by Gasteiger charge is -2.01. The molecule has 1 aromatic carbocycles. The second-order valence-electron chi connectivity index (χ2n) is 4.10. The molecule has 0 amide bonds. The number of rotatable bonds is 3. The van der Waals surface area contributed by atoms with Crippen molar-refractivity contribution in [2.75, 3.05) is 0 Å². The Hall–Kier alpha value is -2.08. The number of hydrogen-bond donors (Lipinski definition) is 1. The van der Waals surface area contributed by atoms with Crippen LogP contribution in [0.5, 0.6) is 5.88 Å². The largest absolute Gasteiger partial charge is 0.492 e. The van der Waals surface area contributed by atoms with Crippen LogP contribution in [-0.4, -0.2) is 24.9 Å². The lowest BCUT2D eigenvalue weighted by molar-refractivity contribution is 0.423. The predicted molar refractivity (Wildman–Crippen MR) is 74.0 cm³/mol. The molecule has 96 valence electrons. The second kappa shape index (κ2) is 4.89. The molecule has 2 aromatic heterocycles. The van der Waals surface area contributed by atoms with Crippen molar-refractivity contribution in [3.8, 4) is 5.88 Å². The molecule has 0 spiro atoms. The van der Waals surface area contributed by atoms with E-state index in [9.17, 15) is 5.11 Å². The summed E-state index contributed by atoms with van der Waals surface area (Å²) in [4.78, 5) is 8.30. The number of nitrogens with zero attached hydrogens (tertiary/aromatic N) is 4. The van der Waals surface area contributed by atoms with E-state index in [0.29, 0.717) is 11.0 Å². The summed E-state index contributed by atoms with van der Waals surface area (Å²) in [6.07, 6.45) is 1.46. The molecule has 0 radical (unpaired) electrons. The van der Waals surface area contributed by atoms with Crippen LogP contribution in [0.25, 0.3) is 11.0 Å². The van der Waals surface area contributed by atoms with Crippen molar-refractivity contribution >= 4 is 22.8 Å². The molecule has 0 unspecified atom stereocenters. The summed E-state index contributed by atoms with van der Waals surface area (Å²) in [5.74, 6) is 0.878. The van der Waals surface area contributed by atoms with Gasteiger partial charge in [-0.3, -0.25) is 0 Å². The molecule has 0 aliphatic heterocycles. The normalized spacial score (nSPS) is 11.0. The molecule has 6 heteroatoms. The fourth-order valence-electron chi connectivity index (χ4n) is 1.80. The van der Waals surface area contributed by atoms with Crippen molar-refractivity contribution in [2.45, 2.75) is 10.8 Å². The van der Waals surface area contributed by atoms with Gasteiger partial charge in [0.1, 0.15) is 16.9 Å². The topological polar surface area (TPSA) is 63.8 Å². The second-order valence-corrected chi connectivity index (χ2v) is 5.06. The van der Waals surface area contributed by atoms with E-state index in [4.69, 9.17) is 0 Å². The summed E-state index contributed by atoms with van der Waals surface area (Å²) in [5.41, 5.74) is 2.36. The van der Waals surface area contributed by atoms with Crippen molar-refractivity contribution in [1.82, 2.24) is 19.7 Å². The minimum atomic E-state index is 0.0685. The molecule has 0 saturated carbocycles. The van der Waals surface area contributed by atoms with Crippen molar-refractivity contribution < 1.29 is 5.11 Å². The van der Waals surface area contributed by atoms with Gasteiger partial charge in [-0.25, -0.2) is 14.6 Å². The molecule has 0 bridgehead atoms. The summed E-state index contributed by atoms with van der Waals surface area (Å²) in [5, 5.41) is 14.8. The van der Waals surface area contributed by atoms with Gasteiger partial charge in [0.25, 0.3) is 0 Å². The van der Waals surface area contributed by atoms with Crippen molar-refractivity contribution in [2.24, 2.45) is 7.05 Å². The van der Waals surface area contributed by atoms with Crippen LogP contribution in [0.15, 0.2) is 41.7 Å². The number of benzene rings is 1. The molecule has 3 aromatic rings. The van der Waals surface area contributed by atoms with E-state index in [0.717, 1.165) is 10.8 Å². The fraction of sp³-hybridized carbons (Fsp3) is 0.154. The van der Waals surface area contributed by atoms with E-state index in [1.165, 1.54) is 16.6 Å². The SMILES string of the molecule is Cn1nc2c(SCc3ccccc3)ncnc2c1O. The van der Waals surface area contributed by atoms with Crippen molar-refractivity contribution in [3.63, 3.8) is 0 Å². The van der Waals surface area contributed by atoms with Gasteiger partial charge < -0.3 is 5.11 Å². The molecule has 1 N–H and O–H groups in total. The van der Waals surface area contributed by atoms with Gasteiger partial charge in [-0.1, -0.05) is 42.1 Å². The van der Waals surface area contributed by atoms with Crippen LogP contribution in [0.1, 0.15) is 5.56 Å². The van der Waals surface area contributed by atoms with Crippen LogP contribution < -0.4 is 0 Å². The number of aryl methyl sites for hydroxylation is 1. The molecule has 2 heterocycles. The van der Waals surface area contributed by atoms with E-state index < -0.39 is 0 Å². The van der Waals surface area contributed by atoms with Crippen LogP contribution in [0.4, 0.5) is 0 Å². The molecule has 0 fully saturated rings. The van der Waals surface area contributed by atoms with Crippen LogP contribution in [0.3, 0.4) is 0 Å². The van der Waals surface area contributed by atoms with Gasteiger partial charge >= 0.3 is 0 Å². The summed E-state index contributed by atoms with van der Waals surface area (Å²) in [6, 6.07) is 10.2. The Balaban J connectivity index is 1.91. The van der Waals surface area contributed by atoms with Crippen LogP contribution in [0.2, 0.25) is 0 Å². The zero-order valence-corrected chi connectivity index (χ0v) is 11.1. The summed E-state index contributed by atoms with van der Waals surface area (Å²) >= 11 is 1.59. The zero-order chi connectivity index (χ0) is 13.2. The Morgan fingerprint density at radius 1 is 1.16 bits per heavy atom. The summed E-state index contributed by atoms with van der Waals surface area (Å²) in [6.45, 7) is 0. The minimum Gasteiger partial charge on any atom is -0.492 e. The third-order valence-corrected chi connectivity index (χ3v) is 3.83. The molecule has 0 aliphatic carbocycles. The van der Waals surface area contributed by atoms with Crippen LogP contribution >= 0.6 is 11.8 Å². The van der Waals surface area contributed by atoms with E-state index in [2.05, 4.69) is 27.2 Å². The number of fused-ring (bicyclic) bond motifs is 1. The molecule has 0 atom stereocenters. The smallest absolute Gasteiger partial charge is 0.236 e. The predicted octanol–water partition coefficient (Wildman–Crippen LogP) is 2.36. The molecule has 3 rings (SSSR count). The van der Waals surface area contributed by atoms with Crippen molar-refractivity contribution in [3.05, 3.63) is 42.2 Å². The van der Waals surface area contributed by atoms with Gasteiger partial charge in [0.05, 0.1) is 0 Å². The molecule has 0 aliphatic rings. The van der Waals surface area contributed by atoms with Gasteiger partial charge in [0.2, 0.25) is 5.88 Å². The maximum absolute atomic E-state index is 9.81. The monoisotopic (exact) mass is 272 g/mol. The third-order valence-electron chi connectivity index (χ3n) is 2.78. The molecular weight excluding hydrogens is 260 g/mol. The molecule has 5 nitrogen and oxygen atoms in total. The van der Waals surface area contributed by atoms with E-state index in [1.54, 1.807) is 18.8 Å². The van der Waals surface area contributed by atoms with Gasteiger partial charge in [-0.15, -0.1) is 0 Å². The standard InChI is InChI=1S/C13H12N4OS/c1-17-13(18)11-10(16-17)12(15-8-14-11)19-7-9-5-3-2-4-6-9/h2-6,8,18H,7H2,1H3. The average molecular weight is 272 g/mol. The molecule has 0 saturated heterocycles. The minimum absolute atomic E-state index is 0.0685. The van der Waals surface area contributed by atoms with E-state index >= 15 is 0 Å². The first kappa shape index (κ1) is 12.0. The maximum atomic E-state index is 9.81. The van der Waals surface area contributed by atoms with E-state index in [1.807, 2.05) is 18.2 Å². The Bertz CT molecular complexity index is 711. The Labute approximate surface area is 114 Å². The zero-order valence-electron chi connectivity index (χ0n) is 10.3. The highest BCUT2D eigenvalue weighted by molar-refractivity contribution is 7.98. The van der Waals surface area contributed by atoms with Gasteiger partial charge in [-0.2, -0.15) is 5.10 Å². The first-order valence-corrected chi connectivity index (χ1v) is 6.77. The number of aromatic nitrogens is 4. The summed E-state index contributed by atoms with van der Waals surface area (Å²) < 4.78 is 1.41. The highest BCUT2D eigenvalue weighted by atomic mass is 32.2. The lowest BCUT2D eigenvalue weighted by atomic mass is 10.2. The highest BCUT2D eigenvalue weighted by Gasteiger charge is 2.13. The van der Waals surface area contributed by atoms with Crippen molar-refractivity contribution in [1.29, 1.82) is 0 Å². The van der Waals surface area contributed by atoms with E-state index in [-0.39, 0.29) is 5.88 Å². The van der Waals surface area contributed by atoms with Gasteiger partial charge in [0.15, 0.2) is 5.52 Å². The first-order valence-electron chi connectivity index (χ1n) is 5.79.